The van der Waals surface area contributed by atoms with Crippen LogP contribution in [0.1, 0.15) is 18.4 Å². The first-order valence-electron chi connectivity index (χ1n) is 9.79. The molecule has 0 N–H and O–H groups in total. The SMILES string of the molecule is Brc1ccc(CN2CCC(N3CCN(c4ccccc4)CC3)CC2)cc1. The minimum Gasteiger partial charge on any atom is -0.369 e. The number of nitrogens with zero attached hydrogens (tertiary/aromatic N) is 3. The fraction of sp³-hybridized carbons (Fsp3) is 0.455. The maximum atomic E-state index is 3.52. The lowest BCUT2D eigenvalue weighted by Gasteiger charge is -2.43. The number of rotatable bonds is 4. The van der Waals surface area contributed by atoms with Gasteiger partial charge in [-0.2, -0.15) is 0 Å². The van der Waals surface area contributed by atoms with E-state index in [1.807, 2.05) is 0 Å². The van der Waals surface area contributed by atoms with Gasteiger partial charge in [-0.05, 0) is 55.8 Å². The van der Waals surface area contributed by atoms with Gasteiger partial charge in [-0.15, -0.1) is 0 Å². The summed E-state index contributed by atoms with van der Waals surface area (Å²) in [6, 6.07) is 20.4. The number of hydrogen-bond acceptors (Lipinski definition) is 3. The molecule has 2 aromatic rings. The lowest BCUT2D eigenvalue weighted by molar-refractivity contribution is 0.0998. The summed E-state index contributed by atoms with van der Waals surface area (Å²) in [7, 11) is 0. The van der Waals surface area contributed by atoms with Gasteiger partial charge in [0.2, 0.25) is 0 Å². The molecule has 0 aliphatic carbocycles. The highest BCUT2D eigenvalue weighted by Crippen LogP contribution is 2.22. The van der Waals surface area contributed by atoms with Crippen LogP contribution in [0.15, 0.2) is 59.1 Å². The summed E-state index contributed by atoms with van der Waals surface area (Å²) in [4.78, 5) is 7.87. The smallest absolute Gasteiger partial charge is 0.0367 e. The molecule has 2 saturated heterocycles. The summed E-state index contributed by atoms with van der Waals surface area (Å²) < 4.78 is 1.16. The van der Waals surface area contributed by atoms with Gasteiger partial charge in [0.1, 0.15) is 0 Å². The molecule has 0 bridgehead atoms. The van der Waals surface area contributed by atoms with E-state index in [2.05, 4.69) is 85.2 Å². The average molecular weight is 414 g/mol. The molecule has 0 radical (unpaired) electrons. The van der Waals surface area contributed by atoms with Crippen LogP contribution in [-0.4, -0.2) is 55.1 Å². The molecule has 0 aromatic heterocycles. The van der Waals surface area contributed by atoms with Crippen LogP contribution >= 0.6 is 15.9 Å². The van der Waals surface area contributed by atoms with Crippen LogP contribution in [0, 0.1) is 0 Å². The minimum atomic E-state index is 0.772. The summed E-state index contributed by atoms with van der Waals surface area (Å²) in [5, 5.41) is 0. The Bertz CT molecular complexity index is 672. The molecule has 3 nitrogen and oxygen atoms in total. The first-order chi connectivity index (χ1) is 12.8. The van der Waals surface area contributed by atoms with Crippen LogP contribution in [-0.2, 0) is 6.54 Å². The Morgan fingerprint density at radius 3 is 2.08 bits per heavy atom. The van der Waals surface area contributed by atoms with E-state index in [4.69, 9.17) is 0 Å². The van der Waals surface area contributed by atoms with E-state index < -0.39 is 0 Å². The number of anilines is 1. The quantitative estimate of drug-likeness (QED) is 0.741. The summed E-state index contributed by atoms with van der Waals surface area (Å²) in [6.07, 6.45) is 2.61. The molecule has 2 aliphatic rings. The Hall–Kier alpha value is -1.36. The molecule has 26 heavy (non-hydrogen) atoms. The van der Waals surface area contributed by atoms with Gasteiger partial charge in [0.25, 0.3) is 0 Å². The molecule has 2 aliphatic heterocycles. The van der Waals surface area contributed by atoms with Crippen LogP contribution in [0.2, 0.25) is 0 Å². The fourth-order valence-electron chi connectivity index (χ4n) is 4.27. The van der Waals surface area contributed by atoms with E-state index in [-0.39, 0.29) is 0 Å². The van der Waals surface area contributed by atoms with Crippen molar-refractivity contribution in [3.05, 3.63) is 64.6 Å². The van der Waals surface area contributed by atoms with Crippen LogP contribution in [0.5, 0.6) is 0 Å². The van der Waals surface area contributed by atoms with Crippen LogP contribution < -0.4 is 4.90 Å². The van der Waals surface area contributed by atoms with Crippen molar-refractivity contribution in [1.29, 1.82) is 0 Å². The molecule has 0 atom stereocenters. The van der Waals surface area contributed by atoms with Crippen molar-refractivity contribution < 1.29 is 0 Å². The highest BCUT2D eigenvalue weighted by atomic mass is 79.9. The van der Waals surface area contributed by atoms with Gasteiger partial charge < -0.3 is 4.90 Å². The summed E-state index contributed by atoms with van der Waals surface area (Å²) in [5.41, 5.74) is 2.79. The number of piperazine rings is 1. The van der Waals surface area contributed by atoms with Gasteiger partial charge in [0.15, 0.2) is 0 Å². The lowest BCUT2D eigenvalue weighted by Crippen LogP contribution is -2.53. The second kappa shape index (κ2) is 8.55. The molecular weight excluding hydrogens is 386 g/mol. The number of piperidine rings is 1. The molecule has 0 amide bonds. The molecule has 0 saturated carbocycles. The molecule has 138 valence electrons. The van der Waals surface area contributed by atoms with E-state index in [0.29, 0.717) is 0 Å². The Labute approximate surface area is 165 Å². The Morgan fingerprint density at radius 1 is 0.769 bits per heavy atom. The maximum Gasteiger partial charge on any atom is 0.0367 e. The van der Waals surface area contributed by atoms with Crippen LogP contribution in [0.4, 0.5) is 5.69 Å². The second-order valence-corrected chi connectivity index (χ2v) is 8.41. The number of likely N-dealkylation sites (tertiary alicyclic amines) is 1. The topological polar surface area (TPSA) is 9.72 Å². The van der Waals surface area contributed by atoms with E-state index in [9.17, 15) is 0 Å². The van der Waals surface area contributed by atoms with Crippen molar-refractivity contribution in [3.63, 3.8) is 0 Å². The molecule has 2 aromatic carbocycles. The number of hydrogen-bond donors (Lipinski definition) is 0. The standard InChI is InChI=1S/C22H28BrN3/c23-20-8-6-19(7-9-20)18-24-12-10-22(11-13-24)26-16-14-25(15-17-26)21-4-2-1-3-5-21/h1-9,22H,10-18H2. The van der Waals surface area contributed by atoms with Gasteiger partial charge in [0.05, 0.1) is 0 Å². The first kappa shape index (κ1) is 18.0. The van der Waals surface area contributed by atoms with E-state index >= 15 is 0 Å². The summed E-state index contributed by atoms with van der Waals surface area (Å²) >= 11 is 3.52. The number of benzene rings is 2. The molecule has 2 fully saturated rings. The molecule has 0 unspecified atom stereocenters. The Kier molecular flexibility index (Phi) is 5.93. The van der Waals surface area contributed by atoms with Gasteiger partial charge in [-0.1, -0.05) is 46.3 Å². The third kappa shape index (κ3) is 4.48. The Morgan fingerprint density at radius 2 is 1.42 bits per heavy atom. The Balaban J connectivity index is 1.23. The zero-order valence-corrected chi connectivity index (χ0v) is 16.9. The third-order valence-corrected chi connectivity index (χ3v) is 6.36. The predicted molar refractivity (Wildman–Crippen MR) is 113 cm³/mol. The van der Waals surface area contributed by atoms with E-state index in [0.717, 1.165) is 30.1 Å². The average Bonchev–Trinajstić information content (AvgIpc) is 2.71. The van der Waals surface area contributed by atoms with Crippen molar-refractivity contribution in [1.82, 2.24) is 9.80 Å². The van der Waals surface area contributed by atoms with E-state index in [1.54, 1.807) is 0 Å². The summed E-state index contributed by atoms with van der Waals surface area (Å²) in [6.45, 7) is 8.24. The van der Waals surface area contributed by atoms with E-state index in [1.165, 1.54) is 50.3 Å². The molecular formula is C22H28BrN3. The normalized spacial score (nSPS) is 20.4. The van der Waals surface area contributed by atoms with Gasteiger partial charge in [-0.3, -0.25) is 9.80 Å². The van der Waals surface area contributed by atoms with Crippen molar-refractivity contribution in [2.75, 3.05) is 44.2 Å². The van der Waals surface area contributed by atoms with Crippen LogP contribution in [0.25, 0.3) is 0 Å². The molecule has 4 rings (SSSR count). The van der Waals surface area contributed by atoms with Gasteiger partial charge >= 0.3 is 0 Å². The third-order valence-electron chi connectivity index (χ3n) is 5.83. The fourth-order valence-corrected chi connectivity index (χ4v) is 4.54. The van der Waals surface area contributed by atoms with Gasteiger partial charge in [-0.25, -0.2) is 0 Å². The zero-order valence-electron chi connectivity index (χ0n) is 15.4. The van der Waals surface area contributed by atoms with Crippen LogP contribution in [0.3, 0.4) is 0 Å². The van der Waals surface area contributed by atoms with Crippen molar-refractivity contribution in [2.45, 2.75) is 25.4 Å². The number of halogens is 1. The van der Waals surface area contributed by atoms with Crippen molar-refractivity contribution in [2.24, 2.45) is 0 Å². The monoisotopic (exact) mass is 413 g/mol. The highest BCUT2D eigenvalue weighted by molar-refractivity contribution is 9.10. The van der Waals surface area contributed by atoms with Crippen molar-refractivity contribution in [3.8, 4) is 0 Å². The maximum absolute atomic E-state index is 3.52. The van der Waals surface area contributed by atoms with Gasteiger partial charge in [0, 0.05) is 48.9 Å². The lowest BCUT2D eigenvalue weighted by atomic mass is 10.0. The molecule has 2 heterocycles. The molecule has 0 spiro atoms. The molecule has 4 heteroatoms. The largest absolute Gasteiger partial charge is 0.369 e. The second-order valence-electron chi connectivity index (χ2n) is 7.49. The predicted octanol–water partition coefficient (Wildman–Crippen LogP) is 4.24. The summed E-state index contributed by atoms with van der Waals surface area (Å²) in [5.74, 6) is 0. The zero-order chi connectivity index (χ0) is 17.8. The number of para-hydroxylation sites is 1. The highest BCUT2D eigenvalue weighted by Gasteiger charge is 2.27. The van der Waals surface area contributed by atoms with Crippen molar-refractivity contribution >= 4 is 21.6 Å². The first-order valence-corrected chi connectivity index (χ1v) is 10.6. The minimum absolute atomic E-state index is 0.772.